The summed E-state index contributed by atoms with van der Waals surface area (Å²) in [6.45, 7) is 5.54. The number of phenols is 1. The molecule has 0 unspecified atom stereocenters. The van der Waals surface area contributed by atoms with Gasteiger partial charge in [-0.05, 0) is 24.5 Å². The van der Waals surface area contributed by atoms with E-state index >= 15 is 0 Å². The highest BCUT2D eigenvalue weighted by molar-refractivity contribution is 6.45. The minimum Gasteiger partial charge on any atom is -0.506 e. The van der Waals surface area contributed by atoms with E-state index in [0.29, 0.717) is 18.4 Å². The largest absolute Gasteiger partial charge is 0.506 e. The van der Waals surface area contributed by atoms with Crippen LogP contribution in [0.3, 0.4) is 0 Å². The van der Waals surface area contributed by atoms with E-state index in [1.54, 1.807) is 6.08 Å². The van der Waals surface area contributed by atoms with Crippen molar-refractivity contribution in [3.8, 4) is 5.75 Å². The SMILES string of the molecule is C=CC[C@@]1(C)Cc2cc(O)c(Cl)c(Cl)c2C1=O. The second kappa shape index (κ2) is 4.04. The van der Waals surface area contributed by atoms with Gasteiger partial charge in [0.2, 0.25) is 0 Å². The van der Waals surface area contributed by atoms with E-state index in [-0.39, 0.29) is 21.6 Å². The zero-order chi connectivity index (χ0) is 12.8. The number of fused-ring (bicyclic) bond motifs is 1. The van der Waals surface area contributed by atoms with Gasteiger partial charge in [-0.25, -0.2) is 0 Å². The van der Waals surface area contributed by atoms with E-state index in [2.05, 4.69) is 6.58 Å². The van der Waals surface area contributed by atoms with Gasteiger partial charge < -0.3 is 5.11 Å². The van der Waals surface area contributed by atoms with Crippen LogP contribution in [0.5, 0.6) is 5.75 Å². The van der Waals surface area contributed by atoms with Crippen molar-refractivity contribution >= 4 is 29.0 Å². The Morgan fingerprint density at radius 1 is 1.53 bits per heavy atom. The number of aromatic hydroxyl groups is 1. The Labute approximate surface area is 110 Å². The van der Waals surface area contributed by atoms with Crippen LogP contribution in [0.1, 0.15) is 29.3 Å². The Bertz CT molecular complexity index is 523. The standard InChI is InChI=1S/C13H12Cl2O2/c1-3-4-13(2)6-7-5-8(16)10(14)11(15)9(7)12(13)17/h3,5,16H,1,4,6H2,2H3/t13-/m0/s1. The molecule has 17 heavy (non-hydrogen) atoms. The molecule has 0 spiro atoms. The van der Waals surface area contributed by atoms with Crippen molar-refractivity contribution in [2.24, 2.45) is 5.41 Å². The second-order valence-electron chi connectivity index (χ2n) is 4.62. The van der Waals surface area contributed by atoms with E-state index < -0.39 is 5.41 Å². The lowest BCUT2D eigenvalue weighted by Crippen LogP contribution is -2.23. The molecule has 0 aromatic heterocycles. The summed E-state index contributed by atoms with van der Waals surface area (Å²) in [4.78, 5) is 12.3. The number of Topliss-reactive ketones (excluding diaryl/α,β-unsaturated/α-hetero) is 1. The molecular formula is C13H12Cl2O2. The zero-order valence-electron chi connectivity index (χ0n) is 9.39. The number of halogens is 2. The summed E-state index contributed by atoms with van der Waals surface area (Å²) in [5, 5.41) is 9.80. The van der Waals surface area contributed by atoms with Crippen molar-refractivity contribution in [3.63, 3.8) is 0 Å². The number of carbonyl (C=O) groups is 1. The number of benzene rings is 1. The van der Waals surface area contributed by atoms with Crippen LogP contribution < -0.4 is 0 Å². The van der Waals surface area contributed by atoms with Crippen molar-refractivity contribution < 1.29 is 9.90 Å². The first-order chi connectivity index (χ1) is 7.90. The van der Waals surface area contributed by atoms with Crippen LogP contribution in [0.25, 0.3) is 0 Å². The lowest BCUT2D eigenvalue weighted by Gasteiger charge is -2.19. The number of hydrogen-bond donors (Lipinski definition) is 1. The average molecular weight is 271 g/mol. The van der Waals surface area contributed by atoms with Crippen LogP contribution in [-0.2, 0) is 6.42 Å². The Balaban J connectivity index is 2.60. The number of carbonyl (C=O) groups excluding carboxylic acids is 1. The number of ketones is 1. The fourth-order valence-corrected chi connectivity index (χ4v) is 2.79. The van der Waals surface area contributed by atoms with Crippen molar-refractivity contribution in [2.45, 2.75) is 19.8 Å². The van der Waals surface area contributed by atoms with Gasteiger partial charge in [-0.2, -0.15) is 0 Å². The van der Waals surface area contributed by atoms with Gasteiger partial charge in [-0.3, -0.25) is 4.79 Å². The van der Waals surface area contributed by atoms with Crippen LogP contribution in [0.15, 0.2) is 18.7 Å². The van der Waals surface area contributed by atoms with Gasteiger partial charge >= 0.3 is 0 Å². The average Bonchev–Trinajstić information content (AvgIpc) is 2.49. The van der Waals surface area contributed by atoms with Crippen LogP contribution in [0, 0.1) is 5.41 Å². The number of allylic oxidation sites excluding steroid dienone is 1. The fourth-order valence-electron chi connectivity index (χ4n) is 2.33. The summed E-state index contributed by atoms with van der Waals surface area (Å²) in [7, 11) is 0. The van der Waals surface area contributed by atoms with E-state index in [9.17, 15) is 9.90 Å². The summed E-state index contributed by atoms with van der Waals surface area (Å²) in [6, 6.07) is 1.52. The second-order valence-corrected chi connectivity index (χ2v) is 5.37. The lowest BCUT2D eigenvalue weighted by molar-refractivity contribution is 0.0845. The smallest absolute Gasteiger partial charge is 0.171 e. The molecule has 4 heteroatoms. The molecule has 2 rings (SSSR count). The molecular weight excluding hydrogens is 259 g/mol. The van der Waals surface area contributed by atoms with Crippen molar-refractivity contribution in [2.75, 3.05) is 0 Å². The maximum atomic E-state index is 12.3. The molecule has 1 N–H and O–H groups in total. The molecule has 0 aliphatic heterocycles. The zero-order valence-corrected chi connectivity index (χ0v) is 10.9. The summed E-state index contributed by atoms with van der Waals surface area (Å²) < 4.78 is 0. The maximum Gasteiger partial charge on any atom is 0.171 e. The molecule has 90 valence electrons. The molecule has 1 atom stereocenters. The topological polar surface area (TPSA) is 37.3 Å². The Kier molecular flexibility index (Phi) is 2.96. The van der Waals surface area contributed by atoms with Crippen LogP contribution in [0.2, 0.25) is 10.0 Å². The molecule has 0 amide bonds. The third-order valence-corrected chi connectivity index (χ3v) is 4.08. The molecule has 1 aliphatic rings. The Hall–Kier alpha value is -0.990. The van der Waals surface area contributed by atoms with Crippen molar-refractivity contribution in [1.29, 1.82) is 0 Å². The molecule has 2 nitrogen and oxygen atoms in total. The maximum absolute atomic E-state index is 12.3. The molecule has 1 aliphatic carbocycles. The summed E-state index contributed by atoms with van der Waals surface area (Å²) >= 11 is 11.9. The van der Waals surface area contributed by atoms with E-state index in [4.69, 9.17) is 23.2 Å². The van der Waals surface area contributed by atoms with Crippen LogP contribution in [0.4, 0.5) is 0 Å². The fraction of sp³-hybridized carbons (Fsp3) is 0.308. The minimum absolute atomic E-state index is 0.0284. The quantitative estimate of drug-likeness (QED) is 0.825. The van der Waals surface area contributed by atoms with Crippen molar-refractivity contribution in [1.82, 2.24) is 0 Å². The van der Waals surface area contributed by atoms with Gasteiger partial charge in [-0.15, -0.1) is 6.58 Å². The van der Waals surface area contributed by atoms with Gasteiger partial charge in [0.1, 0.15) is 10.8 Å². The van der Waals surface area contributed by atoms with E-state index in [0.717, 1.165) is 5.56 Å². The summed E-state index contributed by atoms with van der Waals surface area (Å²) in [5.74, 6) is -0.106. The first kappa shape index (κ1) is 12.5. The highest BCUT2D eigenvalue weighted by atomic mass is 35.5. The molecule has 1 aromatic rings. The van der Waals surface area contributed by atoms with Crippen molar-refractivity contribution in [3.05, 3.63) is 39.9 Å². The monoisotopic (exact) mass is 270 g/mol. The van der Waals surface area contributed by atoms with Gasteiger partial charge in [0.25, 0.3) is 0 Å². The third-order valence-electron chi connectivity index (χ3n) is 3.22. The molecule has 1 aromatic carbocycles. The molecule has 0 saturated carbocycles. The summed E-state index contributed by atoms with van der Waals surface area (Å²) in [5.41, 5.74) is 0.676. The molecule has 0 heterocycles. The number of rotatable bonds is 2. The van der Waals surface area contributed by atoms with Gasteiger partial charge in [0, 0.05) is 11.0 Å². The lowest BCUT2D eigenvalue weighted by atomic mass is 9.83. The van der Waals surface area contributed by atoms with Gasteiger partial charge in [0.15, 0.2) is 5.78 Å². The highest BCUT2D eigenvalue weighted by Crippen LogP contribution is 2.47. The molecule has 0 fully saturated rings. The molecule has 0 radical (unpaired) electrons. The first-order valence-corrected chi connectivity index (χ1v) is 6.02. The first-order valence-electron chi connectivity index (χ1n) is 5.26. The third kappa shape index (κ3) is 1.76. The minimum atomic E-state index is -0.523. The van der Waals surface area contributed by atoms with E-state index in [1.807, 2.05) is 6.92 Å². The van der Waals surface area contributed by atoms with Gasteiger partial charge in [0.05, 0.1) is 5.02 Å². The normalized spacial score (nSPS) is 22.6. The predicted octanol–water partition coefficient (Wildman–Crippen LogP) is 4.02. The van der Waals surface area contributed by atoms with Crippen LogP contribution in [-0.4, -0.2) is 10.9 Å². The van der Waals surface area contributed by atoms with E-state index in [1.165, 1.54) is 6.07 Å². The predicted molar refractivity (Wildman–Crippen MR) is 69.1 cm³/mol. The Morgan fingerprint density at radius 2 is 2.18 bits per heavy atom. The van der Waals surface area contributed by atoms with Crippen LogP contribution >= 0.6 is 23.2 Å². The number of hydrogen-bond acceptors (Lipinski definition) is 2. The number of phenolic OH excluding ortho intramolecular Hbond substituents is 1. The Morgan fingerprint density at radius 3 is 2.76 bits per heavy atom. The molecule has 0 bridgehead atoms. The highest BCUT2D eigenvalue weighted by Gasteiger charge is 2.42. The van der Waals surface area contributed by atoms with Gasteiger partial charge in [-0.1, -0.05) is 36.2 Å². The summed E-state index contributed by atoms with van der Waals surface area (Å²) in [6.07, 6.45) is 2.85. The molecule has 0 saturated heterocycles.